The van der Waals surface area contributed by atoms with Crippen LogP contribution in [0.4, 0.5) is 0 Å². The summed E-state index contributed by atoms with van der Waals surface area (Å²) >= 11 is 0.104. The van der Waals surface area contributed by atoms with Gasteiger partial charge in [0.15, 0.2) is 0 Å². The average Bonchev–Trinajstić information content (AvgIpc) is 2.56. The summed E-state index contributed by atoms with van der Waals surface area (Å²) in [6.45, 7) is 7.61. The maximum atomic E-state index is 12.7. The molecule has 0 aliphatic carbocycles. The largest absolute Gasteiger partial charge is 0.598 e. The molecule has 2 aliphatic rings. The highest BCUT2D eigenvalue weighted by atomic mass is 32.2. The number of allylic oxidation sites excluding steroid dienone is 1. The van der Waals surface area contributed by atoms with Crippen LogP contribution >= 0.6 is 11.8 Å². The second kappa shape index (κ2) is 9.60. The van der Waals surface area contributed by atoms with Crippen molar-refractivity contribution in [2.75, 3.05) is 5.75 Å². The predicted octanol–water partition coefficient (Wildman–Crippen LogP) is 1.32. The number of fused-ring (bicyclic) bond motifs is 2. The van der Waals surface area contributed by atoms with Crippen LogP contribution in [0.3, 0.4) is 0 Å². The first kappa shape index (κ1) is 22.5. The van der Waals surface area contributed by atoms with E-state index in [0.29, 0.717) is 0 Å². The maximum Gasteiger partial charge on any atom is 0.136 e. The molecule has 2 bridgehead atoms. The molecule has 0 aromatic rings. The highest BCUT2D eigenvalue weighted by Gasteiger charge is 2.49. The lowest BCUT2D eigenvalue weighted by atomic mass is 9.88. The number of rotatable bonds is 2. The first-order valence-corrected chi connectivity index (χ1v) is 11.5. The van der Waals surface area contributed by atoms with Gasteiger partial charge in [0.1, 0.15) is 34.6 Å². The summed E-state index contributed by atoms with van der Waals surface area (Å²) in [6.07, 6.45) is 2.70. The molecule has 4 N–H and O–H groups in total. The second-order valence-corrected chi connectivity index (χ2v) is 11.3. The van der Waals surface area contributed by atoms with Crippen molar-refractivity contribution < 1.29 is 24.6 Å². The molecule has 26 heavy (non-hydrogen) atoms. The fraction of sp³-hybridized carbons (Fsp3) is 0.889. The summed E-state index contributed by atoms with van der Waals surface area (Å²) in [5, 5.41) is 31.2. The van der Waals surface area contributed by atoms with Crippen LogP contribution in [0.1, 0.15) is 47.0 Å². The monoisotopic (exact) mass is 407 g/mol. The Morgan fingerprint density at radius 3 is 2.50 bits per heavy atom. The smallest absolute Gasteiger partial charge is 0.136 e. The van der Waals surface area contributed by atoms with Gasteiger partial charge in [-0.1, -0.05) is 19.1 Å². The van der Waals surface area contributed by atoms with E-state index in [2.05, 4.69) is 16.9 Å². The van der Waals surface area contributed by atoms with Gasteiger partial charge < -0.3 is 24.6 Å². The normalized spacial score (nSPS) is 41.2. The number of nitrogens with one attached hydrogen (secondary N) is 1. The summed E-state index contributed by atoms with van der Waals surface area (Å²) in [4.78, 5) is 0. The molecule has 0 aromatic carbocycles. The van der Waals surface area contributed by atoms with Crippen molar-refractivity contribution in [3.8, 4) is 0 Å². The number of hydrogen-bond donors (Lipinski definition) is 4. The number of thioether (sulfide) groups is 1. The van der Waals surface area contributed by atoms with Crippen molar-refractivity contribution >= 4 is 23.1 Å². The lowest BCUT2D eigenvalue weighted by molar-refractivity contribution is -0.205. The Morgan fingerprint density at radius 2 is 1.85 bits per heavy atom. The van der Waals surface area contributed by atoms with Crippen LogP contribution in [-0.2, 0) is 16.1 Å². The summed E-state index contributed by atoms with van der Waals surface area (Å²) in [7, 11) is 0. The molecular weight excluding hydrogens is 374 g/mol. The van der Waals surface area contributed by atoms with Crippen molar-refractivity contribution in [1.82, 2.24) is 4.72 Å². The van der Waals surface area contributed by atoms with Crippen LogP contribution in [0.15, 0.2) is 12.2 Å². The van der Waals surface area contributed by atoms with E-state index < -0.39 is 52.0 Å². The van der Waals surface area contributed by atoms with Gasteiger partial charge in [0.05, 0.1) is 6.04 Å². The van der Waals surface area contributed by atoms with Crippen LogP contribution in [0.25, 0.3) is 0 Å². The third kappa shape index (κ3) is 5.61. The number of aliphatic hydroxyl groups excluding tert-OH is 3. The molecule has 8 heteroatoms. The molecule has 8 atom stereocenters. The van der Waals surface area contributed by atoms with Gasteiger partial charge in [-0.2, -0.15) is 0 Å². The highest BCUT2D eigenvalue weighted by Crippen LogP contribution is 2.33. The molecular formula is C18H33NO5S2. The lowest BCUT2D eigenvalue weighted by Crippen LogP contribution is -2.64. The fourth-order valence-electron chi connectivity index (χ4n) is 3.08. The minimum Gasteiger partial charge on any atom is -0.598 e. The van der Waals surface area contributed by atoms with E-state index >= 15 is 0 Å². The lowest BCUT2D eigenvalue weighted by Gasteiger charge is -2.45. The van der Waals surface area contributed by atoms with Crippen LogP contribution in [0.5, 0.6) is 0 Å². The van der Waals surface area contributed by atoms with Crippen molar-refractivity contribution in [2.45, 2.75) is 87.6 Å². The van der Waals surface area contributed by atoms with Crippen molar-refractivity contribution in [3.63, 3.8) is 0 Å². The second-order valence-electron chi connectivity index (χ2n) is 8.12. The maximum absolute atomic E-state index is 12.7. The van der Waals surface area contributed by atoms with Crippen LogP contribution in [0.2, 0.25) is 0 Å². The molecule has 0 amide bonds. The molecule has 2 heterocycles. The third-order valence-electron chi connectivity index (χ3n) is 4.81. The molecule has 2 aliphatic heterocycles. The molecule has 0 aromatic heterocycles. The van der Waals surface area contributed by atoms with E-state index in [1.54, 1.807) is 0 Å². The van der Waals surface area contributed by atoms with E-state index in [4.69, 9.17) is 4.74 Å². The molecule has 0 saturated carbocycles. The number of aliphatic hydroxyl groups is 3. The Hall–Kier alpha value is 0.200. The Labute approximate surface area is 164 Å². The topological polar surface area (TPSA) is 105 Å². The van der Waals surface area contributed by atoms with Crippen LogP contribution in [-0.4, -0.2) is 66.3 Å². The van der Waals surface area contributed by atoms with Gasteiger partial charge in [0.2, 0.25) is 0 Å². The molecule has 0 spiro atoms. The SMILES string of the molecule is C[C@@H]1C=CCCCCS[C@H]2O[C@@H]([C@H](O)[C@H](O)[C@H]2O)[C@@H]1N[S@+]([O-])C(C)(C)C. The zero-order valence-corrected chi connectivity index (χ0v) is 17.6. The van der Waals surface area contributed by atoms with Crippen molar-refractivity contribution in [1.29, 1.82) is 0 Å². The molecule has 0 unspecified atom stereocenters. The quantitative estimate of drug-likeness (QED) is 0.404. The standard InChI is InChI=1S/C18H33NO5S2/c1-11-9-7-5-6-8-10-25-17-15(22)13(20)14(21)16(24-17)12(11)19-26(23)18(2,3)4/h7,9,11-17,19-22H,5-6,8,10H2,1-4H3/t11-,12-,13+,14-,15-,16-,17-,26-/m1/s1. The summed E-state index contributed by atoms with van der Waals surface area (Å²) in [6, 6.07) is -0.453. The Morgan fingerprint density at radius 1 is 1.15 bits per heavy atom. The van der Waals surface area contributed by atoms with E-state index in [1.807, 2.05) is 27.7 Å². The fourth-order valence-corrected chi connectivity index (χ4v) is 5.19. The van der Waals surface area contributed by atoms with E-state index in [-0.39, 0.29) is 5.92 Å². The Bertz CT molecular complexity index is 473. The van der Waals surface area contributed by atoms with Crippen LogP contribution < -0.4 is 4.72 Å². The average molecular weight is 408 g/mol. The van der Waals surface area contributed by atoms with Gasteiger partial charge in [-0.25, -0.2) is 0 Å². The minimum absolute atomic E-state index is 0.0616. The minimum atomic E-state index is -1.36. The van der Waals surface area contributed by atoms with E-state index in [1.165, 1.54) is 11.8 Å². The molecule has 0 radical (unpaired) electrons. The molecule has 1 fully saturated rings. The van der Waals surface area contributed by atoms with Gasteiger partial charge in [-0.3, -0.25) is 0 Å². The number of hydrogen-bond acceptors (Lipinski definition) is 7. The Balaban J connectivity index is 2.30. The number of ether oxygens (including phenoxy) is 1. The third-order valence-corrected chi connectivity index (χ3v) is 7.65. The van der Waals surface area contributed by atoms with Gasteiger partial charge in [-0.15, -0.1) is 16.5 Å². The molecule has 152 valence electrons. The highest BCUT2D eigenvalue weighted by molar-refractivity contribution is 7.99. The molecule has 1 saturated heterocycles. The van der Waals surface area contributed by atoms with Gasteiger partial charge >= 0.3 is 0 Å². The summed E-state index contributed by atoms with van der Waals surface area (Å²) in [5.74, 6) is 0.751. The molecule has 2 rings (SSSR count). The van der Waals surface area contributed by atoms with Gasteiger partial charge in [0, 0.05) is 11.4 Å². The van der Waals surface area contributed by atoms with Gasteiger partial charge in [-0.05, 0) is 51.7 Å². The summed E-state index contributed by atoms with van der Waals surface area (Å²) < 4.78 is 21.4. The zero-order chi connectivity index (χ0) is 19.5. The first-order chi connectivity index (χ1) is 12.1. The zero-order valence-electron chi connectivity index (χ0n) is 16.0. The van der Waals surface area contributed by atoms with Gasteiger partial charge in [0.25, 0.3) is 0 Å². The van der Waals surface area contributed by atoms with Crippen molar-refractivity contribution in [2.24, 2.45) is 5.92 Å². The summed E-state index contributed by atoms with van der Waals surface area (Å²) in [5.41, 5.74) is -0.610. The van der Waals surface area contributed by atoms with Crippen LogP contribution in [0, 0.1) is 5.92 Å². The molecule has 6 nitrogen and oxygen atoms in total. The Kier molecular flexibility index (Phi) is 8.31. The van der Waals surface area contributed by atoms with E-state index in [9.17, 15) is 19.9 Å². The van der Waals surface area contributed by atoms with Crippen molar-refractivity contribution in [3.05, 3.63) is 12.2 Å². The predicted molar refractivity (Wildman–Crippen MR) is 106 cm³/mol. The first-order valence-electron chi connectivity index (χ1n) is 9.29. The van der Waals surface area contributed by atoms with E-state index in [0.717, 1.165) is 25.0 Å².